The summed E-state index contributed by atoms with van der Waals surface area (Å²) in [5, 5.41) is 5.18. The molecule has 0 saturated heterocycles. The van der Waals surface area contributed by atoms with E-state index in [2.05, 4.69) is 5.32 Å². The number of nitrogens with one attached hydrogen (secondary N) is 1. The number of benzene rings is 2. The lowest BCUT2D eigenvalue weighted by Gasteiger charge is -2.09. The third-order valence-corrected chi connectivity index (χ3v) is 5.17. The normalized spacial score (nSPS) is 12.2. The molecule has 1 aromatic heterocycles. The van der Waals surface area contributed by atoms with Crippen LogP contribution in [-0.2, 0) is 0 Å². The van der Waals surface area contributed by atoms with Gasteiger partial charge in [0.25, 0.3) is 5.91 Å². The van der Waals surface area contributed by atoms with Crippen molar-refractivity contribution in [3.63, 3.8) is 0 Å². The first-order chi connectivity index (χ1) is 12.1. The Balaban J connectivity index is 1.63. The Bertz CT molecular complexity index is 950. The number of rotatable bonds is 3. The summed E-state index contributed by atoms with van der Waals surface area (Å²) in [7, 11) is 0. The largest absolute Gasteiger partial charge is 0.454 e. The van der Waals surface area contributed by atoms with Gasteiger partial charge in [-0.05, 0) is 23.9 Å². The van der Waals surface area contributed by atoms with Crippen molar-refractivity contribution >= 4 is 34.5 Å². The van der Waals surface area contributed by atoms with E-state index < -0.39 is 0 Å². The highest BCUT2D eigenvalue weighted by Gasteiger charge is 2.20. The van der Waals surface area contributed by atoms with Crippen LogP contribution in [0.1, 0.15) is 15.2 Å². The van der Waals surface area contributed by atoms with Gasteiger partial charge in [-0.3, -0.25) is 4.79 Å². The summed E-state index contributed by atoms with van der Waals surface area (Å²) >= 11 is 7.64. The van der Waals surface area contributed by atoms with E-state index >= 15 is 0 Å². The molecule has 6 heteroatoms. The second-order valence-electron chi connectivity index (χ2n) is 5.67. The van der Waals surface area contributed by atoms with Crippen molar-refractivity contribution in [3.05, 3.63) is 63.3 Å². The highest BCUT2D eigenvalue weighted by Crippen LogP contribution is 2.39. The van der Waals surface area contributed by atoms with E-state index in [9.17, 15) is 4.79 Å². The first-order valence-electron chi connectivity index (χ1n) is 7.67. The van der Waals surface area contributed by atoms with Crippen molar-refractivity contribution < 1.29 is 14.3 Å². The van der Waals surface area contributed by atoms with E-state index in [0.29, 0.717) is 27.1 Å². The molecule has 0 radical (unpaired) electrons. The van der Waals surface area contributed by atoms with E-state index in [1.165, 1.54) is 16.9 Å². The number of anilines is 1. The molecule has 1 amide bonds. The molecule has 0 saturated carbocycles. The Morgan fingerprint density at radius 3 is 2.60 bits per heavy atom. The fourth-order valence-electron chi connectivity index (χ4n) is 2.64. The Kier molecular flexibility index (Phi) is 4.11. The van der Waals surface area contributed by atoms with Gasteiger partial charge in [-0.1, -0.05) is 41.4 Å². The van der Waals surface area contributed by atoms with Crippen LogP contribution in [0, 0.1) is 6.92 Å². The smallest absolute Gasteiger partial charge is 0.266 e. The molecular weight excluding hydrogens is 358 g/mol. The summed E-state index contributed by atoms with van der Waals surface area (Å²) in [4.78, 5) is 13.4. The monoisotopic (exact) mass is 371 g/mol. The Labute approximate surface area is 154 Å². The zero-order valence-corrected chi connectivity index (χ0v) is 14.9. The van der Waals surface area contributed by atoms with E-state index in [4.69, 9.17) is 21.1 Å². The number of aryl methyl sites for hydroxylation is 1. The van der Waals surface area contributed by atoms with E-state index in [1.807, 2.05) is 42.6 Å². The maximum Gasteiger partial charge on any atom is 0.266 e. The van der Waals surface area contributed by atoms with Crippen molar-refractivity contribution in [2.45, 2.75) is 6.92 Å². The zero-order valence-electron chi connectivity index (χ0n) is 13.3. The van der Waals surface area contributed by atoms with E-state index in [1.54, 1.807) is 12.1 Å². The molecule has 0 bridgehead atoms. The Morgan fingerprint density at radius 2 is 1.84 bits per heavy atom. The minimum atomic E-state index is -0.202. The number of carbonyl (C=O) groups excluding carboxylic acids is 1. The first-order valence-corrected chi connectivity index (χ1v) is 8.92. The molecule has 25 heavy (non-hydrogen) atoms. The van der Waals surface area contributed by atoms with E-state index in [-0.39, 0.29) is 12.7 Å². The summed E-state index contributed by atoms with van der Waals surface area (Å²) in [6.07, 6.45) is 0. The average molecular weight is 372 g/mol. The molecular formula is C19H14ClNO3S. The fourth-order valence-corrected chi connectivity index (χ4v) is 3.65. The van der Waals surface area contributed by atoms with Crippen molar-refractivity contribution in [2.24, 2.45) is 0 Å². The van der Waals surface area contributed by atoms with Crippen LogP contribution in [0.4, 0.5) is 5.69 Å². The van der Waals surface area contributed by atoms with Crippen molar-refractivity contribution in [2.75, 3.05) is 12.1 Å². The van der Waals surface area contributed by atoms with Crippen LogP contribution < -0.4 is 14.8 Å². The van der Waals surface area contributed by atoms with Gasteiger partial charge in [-0.2, -0.15) is 0 Å². The van der Waals surface area contributed by atoms with Gasteiger partial charge in [0.05, 0.1) is 15.6 Å². The third-order valence-electron chi connectivity index (χ3n) is 3.94. The molecule has 1 N–H and O–H groups in total. The molecule has 2 aromatic carbocycles. The fraction of sp³-hybridized carbons (Fsp3) is 0.105. The third kappa shape index (κ3) is 3.08. The number of carbonyl (C=O) groups is 1. The second-order valence-corrected chi connectivity index (χ2v) is 6.99. The Hall–Kier alpha value is -2.50. The van der Waals surface area contributed by atoms with Gasteiger partial charge in [-0.15, -0.1) is 11.3 Å². The number of thiophene rings is 1. The van der Waals surface area contributed by atoms with Gasteiger partial charge in [0, 0.05) is 17.7 Å². The highest BCUT2D eigenvalue weighted by molar-refractivity contribution is 7.12. The van der Waals surface area contributed by atoms with E-state index in [0.717, 1.165) is 11.1 Å². The quantitative estimate of drug-likeness (QED) is 0.674. The molecule has 0 spiro atoms. The first kappa shape index (κ1) is 16.0. The van der Waals surface area contributed by atoms with Crippen LogP contribution in [0.2, 0.25) is 5.02 Å². The topological polar surface area (TPSA) is 47.6 Å². The van der Waals surface area contributed by atoms with Gasteiger partial charge in [0.15, 0.2) is 11.5 Å². The zero-order chi connectivity index (χ0) is 17.4. The molecule has 2 heterocycles. The molecule has 126 valence electrons. The standard InChI is InChI=1S/C19H14ClNO3S/c1-11-2-4-12(5-3-11)13-6-7-25-18(13)19(22)21-15-9-17-16(8-14(15)20)23-10-24-17/h2-9H,10H2,1H3,(H,21,22). The lowest BCUT2D eigenvalue weighted by molar-refractivity contribution is 0.103. The number of hydrogen-bond donors (Lipinski definition) is 1. The summed E-state index contributed by atoms with van der Waals surface area (Å²) in [5.41, 5.74) is 3.59. The highest BCUT2D eigenvalue weighted by atomic mass is 35.5. The molecule has 1 aliphatic rings. The number of fused-ring (bicyclic) bond motifs is 1. The molecule has 4 rings (SSSR count). The van der Waals surface area contributed by atoms with Gasteiger partial charge in [0.1, 0.15) is 0 Å². The second kappa shape index (κ2) is 6.43. The van der Waals surface area contributed by atoms with Crippen LogP contribution in [0.15, 0.2) is 47.8 Å². The molecule has 1 aliphatic heterocycles. The lowest BCUT2D eigenvalue weighted by Crippen LogP contribution is -2.11. The number of hydrogen-bond acceptors (Lipinski definition) is 4. The molecule has 4 nitrogen and oxygen atoms in total. The predicted molar refractivity (Wildman–Crippen MR) is 100 cm³/mol. The van der Waals surface area contributed by atoms with Crippen LogP contribution in [0.3, 0.4) is 0 Å². The van der Waals surface area contributed by atoms with Gasteiger partial charge in [-0.25, -0.2) is 0 Å². The van der Waals surface area contributed by atoms with Crippen LogP contribution in [0.5, 0.6) is 11.5 Å². The van der Waals surface area contributed by atoms with Gasteiger partial charge >= 0.3 is 0 Å². The number of amides is 1. The maximum atomic E-state index is 12.8. The minimum absolute atomic E-state index is 0.158. The summed E-state index contributed by atoms with van der Waals surface area (Å²) < 4.78 is 10.6. The van der Waals surface area contributed by atoms with Crippen LogP contribution >= 0.6 is 22.9 Å². The van der Waals surface area contributed by atoms with Crippen LogP contribution in [-0.4, -0.2) is 12.7 Å². The molecule has 0 unspecified atom stereocenters. The van der Waals surface area contributed by atoms with Crippen molar-refractivity contribution in [1.29, 1.82) is 0 Å². The van der Waals surface area contributed by atoms with Crippen molar-refractivity contribution in [1.82, 2.24) is 0 Å². The molecule has 3 aromatic rings. The molecule has 0 fully saturated rings. The summed E-state index contributed by atoms with van der Waals surface area (Å²) in [5.74, 6) is 0.954. The number of ether oxygens (including phenoxy) is 2. The summed E-state index contributed by atoms with van der Waals surface area (Å²) in [6.45, 7) is 2.19. The maximum absolute atomic E-state index is 12.8. The lowest BCUT2D eigenvalue weighted by atomic mass is 10.0. The number of halogens is 1. The van der Waals surface area contributed by atoms with Crippen LogP contribution in [0.25, 0.3) is 11.1 Å². The Morgan fingerprint density at radius 1 is 1.12 bits per heavy atom. The average Bonchev–Trinajstić information content (AvgIpc) is 3.24. The van der Waals surface area contributed by atoms with Crippen molar-refractivity contribution in [3.8, 4) is 22.6 Å². The molecule has 0 atom stereocenters. The minimum Gasteiger partial charge on any atom is -0.454 e. The predicted octanol–water partition coefficient (Wildman–Crippen LogP) is 5.36. The van der Waals surface area contributed by atoms with Gasteiger partial charge < -0.3 is 14.8 Å². The SMILES string of the molecule is Cc1ccc(-c2ccsc2C(=O)Nc2cc3c(cc2Cl)OCO3)cc1. The molecule has 0 aliphatic carbocycles. The van der Waals surface area contributed by atoms with Gasteiger partial charge in [0.2, 0.25) is 6.79 Å². The summed E-state index contributed by atoms with van der Waals surface area (Å²) in [6, 6.07) is 13.4.